The van der Waals surface area contributed by atoms with Crippen LogP contribution in [-0.4, -0.2) is 6.10 Å². The van der Waals surface area contributed by atoms with Gasteiger partial charge in [-0.3, -0.25) is 0 Å². The Labute approximate surface area is 111 Å². The molecular weight excluding hydrogens is 222 g/mol. The fourth-order valence-electron chi connectivity index (χ4n) is 3.07. The number of ether oxygens (including phenoxy) is 1. The van der Waals surface area contributed by atoms with Crippen molar-refractivity contribution in [1.82, 2.24) is 0 Å². The van der Waals surface area contributed by atoms with Crippen LogP contribution in [0.3, 0.4) is 0 Å². The minimum atomic E-state index is 0.435. The van der Waals surface area contributed by atoms with E-state index in [0.29, 0.717) is 12.6 Å². The summed E-state index contributed by atoms with van der Waals surface area (Å²) in [5.41, 5.74) is 8.07. The highest BCUT2D eigenvalue weighted by Gasteiger charge is 2.24. The van der Waals surface area contributed by atoms with Crippen molar-refractivity contribution in [2.75, 3.05) is 0 Å². The molecule has 0 saturated heterocycles. The van der Waals surface area contributed by atoms with Gasteiger partial charge in [0.15, 0.2) is 0 Å². The summed E-state index contributed by atoms with van der Waals surface area (Å²) in [4.78, 5) is 0. The average Bonchev–Trinajstić information content (AvgIpc) is 2.35. The average molecular weight is 247 g/mol. The highest BCUT2D eigenvalue weighted by atomic mass is 16.5. The summed E-state index contributed by atoms with van der Waals surface area (Å²) in [6.07, 6.45) is 4.20. The van der Waals surface area contributed by atoms with E-state index in [1.165, 1.54) is 30.4 Å². The van der Waals surface area contributed by atoms with E-state index in [9.17, 15) is 0 Å². The molecule has 0 bridgehead atoms. The molecule has 1 fully saturated rings. The van der Waals surface area contributed by atoms with Gasteiger partial charge in [0.25, 0.3) is 0 Å². The molecule has 0 spiro atoms. The minimum absolute atomic E-state index is 0.435. The van der Waals surface area contributed by atoms with Crippen molar-refractivity contribution in [3.8, 4) is 0 Å². The lowest BCUT2D eigenvalue weighted by Gasteiger charge is -2.31. The van der Waals surface area contributed by atoms with Crippen molar-refractivity contribution in [3.05, 3.63) is 35.4 Å². The van der Waals surface area contributed by atoms with E-state index >= 15 is 0 Å². The van der Waals surface area contributed by atoms with E-state index in [4.69, 9.17) is 10.5 Å². The van der Waals surface area contributed by atoms with Gasteiger partial charge in [-0.05, 0) is 42.2 Å². The molecule has 0 radical (unpaired) electrons. The van der Waals surface area contributed by atoms with Gasteiger partial charge in [-0.15, -0.1) is 0 Å². The Morgan fingerprint density at radius 1 is 1.11 bits per heavy atom. The largest absolute Gasteiger partial charge is 0.374 e. The topological polar surface area (TPSA) is 35.2 Å². The first kappa shape index (κ1) is 13.6. The normalized spacial score (nSPS) is 28.3. The molecule has 18 heavy (non-hydrogen) atoms. The van der Waals surface area contributed by atoms with Gasteiger partial charge in [0, 0.05) is 6.54 Å². The summed E-state index contributed by atoms with van der Waals surface area (Å²) < 4.78 is 6.07. The molecule has 2 atom stereocenters. The molecule has 0 aliphatic heterocycles. The maximum Gasteiger partial charge on any atom is 0.0720 e. The molecule has 0 amide bonds. The number of benzene rings is 1. The van der Waals surface area contributed by atoms with Gasteiger partial charge in [0.05, 0.1) is 12.7 Å². The number of hydrogen-bond acceptors (Lipinski definition) is 2. The summed E-state index contributed by atoms with van der Waals surface area (Å²) in [5.74, 6) is 1.60. The van der Waals surface area contributed by atoms with Crippen molar-refractivity contribution >= 4 is 0 Å². The molecular formula is C16H25NO. The second kappa shape index (κ2) is 6.35. The van der Waals surface area contributed by atoms with Crippen LogP contribution in [0.1, 0.15) is 44.2 Å². The van der Waals surface area contributed by atoms with Crippen molar-refractivity contribution in [3.63, 3.8) is 0 Å². The van der Waals surface area contributed by atoms with Gasteiger partial charge in [0.1, 0.15) is 0 Å². The fraction of sp³-hybridized carbons (Fsp3) is 0.625. The Bertz CT molecular complexity index is 367. The highest BCUT2D eigenvalue weighted by molar-refractivity contribution is 5.22. The molecule has 2 unspecified atom stereocenters. The summed E-state index contributed by atoms with van der Waals surface area (Å²) in [7, 11) is 0. The van der Waals surface area contributed by atoms with Crippen LogP contribution in [-0.2, 0) is 17.9 Å². The Hall–Kier alpha value is -0.860. The van der Waals surface area contributed by atoms with Gasteiger partial charge < -0.3 is 10.5 Å². The molecule has 2 nitrogen and oxygen atoms in total. The molecule has 2 heteroatoms. The van der Waals surface area contributed by atoms with Gasteiger partial charge in [0.2, 0.25) is 0 Å². The zero-order valence-corrected chi connectivity index (χ0v) is 11.6. The minimum Gasteiger partial charge on any atom is -0.374 e. The lowest BCUT2D eigenvalue weighted by atomic mass is 9.82. The van der Waals surface area contributed by atoms with Crippen molar-refractivity contribution in [2.24, 2.45) is 17.6 Å². The van der Waals surface area contributed by atoms with Gasteiger partial charge in [-0.25, -0.2) is 0 Å². The second-order valence-electron chi connectivity index (χ2n) is 5.87. The molecule has 2 N–H and O–H groups in total. The van der Waals surface area contributed by atoms with Crippen molar-refractivity contribution in [2.45, 2.75) is 52.4 Å². The second-order valence-corrected chi connectivity index (χ2v) is 5.87. The SMILES string of the molecule is CC1CC(C)CC(OCc2cccc(CN)c2)C1. The van der Waals surface area contributed by atoms with Crippen LogP contribution in [0.15, 0.2) is 24.3 Å². The Kier molecular flexibility index (Phi) is 4.79. The molecule has 1 saturated carbocycles. The summed E-state index contributed by atoms with van der Waals surface area (Å²) in [6.45, 7) is 5.99. The molecule has 1 aromatic carbocycles. The summed E-state index contributed by atoms with van der Waals surface area (Å²) in [5, 5.41) is 0. The number of rotatable bonds is 4. The third-order valence-corrected chi connectivity index (χ3v) is 3.85. The Morgan fingerprint density at radius 2 is 1.78 bits per heavy atom. The van der Waals surface area contributed by atoms with Crippen LogP contribution in [0.4, 0.5) is 0 Å². The van der Waals surface area contributed by atoms with Crippen LogP contribution in [0.2, 0.25) is 0 Å². The third kappa shape index (κ3) is 3.82. The highest BCUT2D eigenvalue weighted by Crippen LogP contribution is 2.30. The molecule has 0 heterocycles. The summed E-state index contributed by atoms with van der Waals surface area (Å²) in [6, 6.07) is 8.39. The first-order valence-corrected chi connectivity index (χ1v) is 7.07. The third-order valence-electron chi connectivity index (χ3n) is 3.85. The Balaban J connectivity index is 1.86. The van der Waals surface area contributed by atoms with E-state index in [2.05, 4.69) is 38.1 Å². The van der Waals surface area contributed by atoms with Crippen LogP contribution in [0.25, 0.3) is 0 Å². The first-order valence-electron chi connectivity index (χ1n) is 7.07. The predicted molar refractivity (Wildman–Crippen MR) is 75.1 cm³/mol. The van der Waals surface area contributed by atoms with Crippen LogP contribution < -0.4 is 5.73 Å². The van der Waals surface area contributed by atoms with E-state index < -0.39 is 0 Å². The number of nitrogens with two attached hydrogens (primary N) is 1. The van der Waals surface area contributed by atoms with E-state index in [1.54, 1.807) is 0 Å². The Morgan fingerprint density at radius 3 is 2.44 bits per heavy atom. The molecule has 100 valence electrons. The van der Waals surface area contributed by atoms with E-state index in [0.717, 1.165) is 18.4 Å². The standard InChI is InChI=1S/C16H25NO/c1-12-6-13(2)8-16(7-12)18-11-15-5-3-4-14(9-15)10-17/h3-5,9,12-13,16H,6-8,10-11,17H2,1-2H3. The quantitative estimate of drug-likeness (QED) is 0.884. The molecule has 1 aromatic rings. The monoisotopic (exact) mass is 247 g/mol. The van der Waals surface area contributed by atoms with E-state index in [1.807, 2.05) is 0 Å². The molecule has 0 aromatic heterocycles. The molecule has 1 aliphatic carbocycles. The molecule has 2 rings (SSSR count). The predicted octanol–water partition coefficient (Wildman–Crippen LogP) is 3.49. The van der Waals surface area contributed by atoms with Crippen LogP contribution in [0.5, 0.6) is 0 Å². The van der Waals surface area contributed by atoms with Crippen LogP contribution >= 0.6 is 0 Å². The van der Waals surface area contributed by atoms with Crippen LogP contribution in [0, 0.1) is 11.8 Å². The van der Waals surface area contributed by atoms with Gasteiger partial charge >= 0.3 is 0 Å². The van der Waals surface area contributed by atoms with Gasteiger partial charge in [-0.2, -0.15) is 0 Å². The zero-order chi connectivity index (χ0) is 13.0. The van der Waals surface area contributed by atoms with E-state index in [-0.39, 0.29) is 0 Å². The zero-order valence-electron chi connectivity index (χ0n) is 11.6. The molecule has 1 aliphatic rings. The maximum atomic E-state index is 6.07. The van der Waals surface area contributed by atoms with Crippen molar-refractivity contribution in [1.29, 1.82) is 0 Å². The number of hydrogen-bond donors (Lipinski definition) is 1. The first-order chi connectivity index (χ1) is 8.67. The lowest BCUT2D eigenvalue weighted by molar-refractivity contribution is -0.00917. The van der Waals surface area contributed by atoms with Gasteiger partial charge in [-0.1, -0.05) is 38.1 Å². The maximum absolute atomic E-state index is 6.07. The lowest BCUT2D eigenvalue weighted by Crippen LogP contribution is -2.26. The fourth-order valence-corrected chi connectivity index (χ4v) is 3.07. The smallest absolute Gasteiger partial charge is 0.0720 e. The van der Waals surface area contributed by atoms with Crippen molar-refractivity contribution < 1.29 is 4.74 Å². The summed E-state index contributed by atoms with van der Waals surface area (Å²) >= 11 is 0.